The zero-order valence-corrected chi connectivity index (χ0v) is 23.5. The number of amides is 2. The number of benzene rings is 1. The fraction of sp³-hybridized carbons (Fsp3) is 0.667. The Balaban J connectivity index is 2.06. The Kier molecular flexibility index (Phi) is 15.2. The predicted octanol–water partition coefficient (Wildman–Crippen LogP) is 3.61. The van der Waals surface area contributed by atoms with Crippen LogP contribution in [0.25, 0.3) is 0 Å². The molecule has 1 saturated carbocycles. The summed E-state index contributed by atoms with van der Waals surface area (Å²) in [5, 5.41) is 17.2. The molecule has 0 saturated heterocycles. The van der Waals surface area contributed by atoms with Crippen LogP contribution in [0.5, 0.6) is 0 Å². The molecule has 0 spiro atoms. The van der Waals surface area contributed by atoms with Gasteiger partial charge in [-0.25, -0.2) is 0 Å². The number of nitrogens with one attached hydrogen (secondary N) is 2. The minimum atomic E-state index is -0.937. The van der Waals surface area contributed by atoms with E-state index in [1.165, 1.54) is 46.3 Å². The third-order valence-electron chi connectivity index (χ3n) is 7.46. The van der Waals surface area contributed by atoms with Crippen molar-refractivity contribution in [2.45, 2.75) is 108 Å². The van der Waals surface area contributed by atoms with Crippen LogP contribution in [0, 0.1) is 5.92 Å². The second-order valence-corrected chi connectivity index (χ2v) is 10.5. The molecule has 1 aromatic carbocycles. The van der Waals surface area contributed by atoms with E-state index < -0.39 is 24.1 Å². The van der Waals surface area contributed by atoms with E-state index >= 15 is 0 Å². The molecule has 9 heteroatoms. The van der Waals surface area contributed by atoms with Gasteiger partial charge in [0.25, 0.3) is 0 Å². The highest BCUT2D eigenvalue weighted by atomic mass is 16.5. The van der Waals surface area contributed by atoms with Crippen LogP contribution in [0.1, 0.15) is 89.0 Å². The van der Waals surface area contributed by atoms with Crippen molar-refractivity contribution in [3.8, 4) is 0 Å². The minimum absolute atomic E-state index is 0.00738. The van der Waals surface area contributed by atoms with E-state index in [-0.39, 0.29) is 50.0 Å². The standard InChI is InChI=1S/C30H46N2O7/c1-38-29(36)18-16-27(34)31-24(15-9-14-22-10-5-3-6-11-22)21-26(33)25(20-23-12-7-4-8-13-23)32-28(35)17-19-30(37)39-2/h4,7-8,12-13,22,24-26,33H,3,5-6,9-11,14-21H2,1-2H3,(H,31,34)(H,32,35)/t24-,25-,26-/m0/s1. The van der Waals surface area contributed by atoms with Crippen LogP contribution in [0.15, 0.2) is 30.3 Å². The highest BCUT2D eigenvalue weighted by Crippen LogP contribution is 2.28. The predicted molar refractivity (Wildman–Crippen MR) is 148 cm³/mol. The zero-order valence-electron chi connectivity index (χ0n) is 23.5. The largest absolute Gasteiger partial charge is 0.469 e. The number of esters is 2. The SMILES string of the molecule is COC(=O)CCC(=O)N[C@@H](CCCC1CCCCC1)C[C@H](O)[C@H](Cc1ccccc1)NC(=O)CCC(=O)OC. The average molecular weight is 547 g/mol. The molecule has 3 N–H and O–H groups in total. The summed E-state index contributed by atoms with van der Waals surface area (Å²) in [6, 6.07) is 8.63. The van der Waals surface area contributed by atoms with Gasteiger partial charge in [0.05, 0.1) is 39.2 Å². The number of methoxy groups -OCH3 is 2. The van der Waals surface area contributed by atoms with Crippen LogP contribution < -0.4 is 10.6 Å². The Morgan fingerprint density at radius 1 is 0.872 bits per heavy atom. The molecule has 1 aliphatic carbocycles. The average Bonchev–Trinajstić information content (AvgIpc) is 2.95. The van der Waals surface area contributed by atoms with Crippen LogP contribution in [-0.4, -0.2) is 61.3 Å². The number of aliphatic hydroxyl groups excluding tert-OH is 1. The van der Waals surface area contributed by atoms with Gasteiger partial charge < -0.3 is 25.2 Å². The summed E-state index contributed by atoms with van der Waals surface area (Å²) < 4.78 is 9.26. The summed E-state index contributed by atoms with van der Waals surface area (Å²) in [4.78, 5) is 48.2. The van der Waals surface area contributed by atoms with Gasteiger partial charge in [-0.2, -0.15) is 0 Å². The van der Waals surface area contributed by atoms with Crippen LogP contribution in [0.2, 0.25) is 0 Å². The zero-order chi connectivity index (χ0) is 28.5. The number of carbonyl (C=O) groups excluding carboxylic acids is 4. The summed E-state index contributed by atoms with van der Waals surface area (Å²) in [6.07, 6.45) is 8.68. The number of carbonyl (C=O) groups is 4. The molecule has 0 aromatic heterocycles. The fourth-order valence-electron chi connectivity index (χ4n) is 5.20. The van der Waals surface area contributed by atoms with Crippen molar-refractivity contribution in [2.24, 2.45) is 5.92 Å². The monoisotopic (exact) mass is 546 g/mol. The van der Waals surface area contributed by atoms with E-state index in [4.69, 9.17) is 0 Å². The Hall–Kier alpha value is -2.94. The van der Waals surface area contributed by atoms with Crippen molar-refractivity contribution >= 4 is 23.8 Å². The smallest absolute Gasteiger partial charge is 0.306 e. The molecule has 1 aliphatic rings. The lowest BCUT2D eigenvalue weighted by molar-refractivity contribution is -0.142. The van der Waals surface area contributed by atoms with Crippen molar-refractivity contribution in [3.05, 3.63) is 35.9 Å². The van der Waals surface area contributed by atoms with Gasteiger partial charge in [0.1, 0.15) is 0 Å². The molecule has 2 amide bonds. The molecule has 0 heterocycles. The molecule has 1 fully saturated rings. The first kappa shape index (κ1) is 32.3. The number of aliphatic hydroxyl groups is 1. The quantitative estimate of drug-likeness (QED) is 0.254. The third-order valence-corrected chi connectivity index (χ3v) is 7.46. The molecule has 0 radical (unpaired) electrons. The van der Waals surface area contributed by atoms with Crippen molar-refractivity contribution in [1.82, 2.24) is 10.6 Å². The van der Waals surface area contributed by atoms with Gasteiger partial charge in [-0.15, -0.1) is 0 Å². The van der Waals surface area contributed by atoms with Crippen LogP contribution in [0.4, 0.5) is 0 Å². The second kappa shape index (κ2) is 18.4. The van der Waals surface area contributed by atoms with E-state index in [2.05, 4.69) is 20.1 Å². The first-order valence-electron chi connectivity index (χ1n) is 14.2. The van der Waals surface area contributed by atoms with Crippen LogP contribution >= 0.6 is 0 Å². The maximum atomic E-state index is 12.6. The van der Waals surface area contributed by atoms with E-state index in [0.29, 0.717) is 18.8 Å². The lowest BCUT2D eigenvalue weighted by Gasteiger charge is -2.29. The van der Waals surface area contributed by atoms with Crippen molar-refractivity contribution < 1.29 is 33.8 Å². The first-order chi connectivity index (χ1) is 18.8. The molecule has 218 valence electrons. The van der Waals surface area contributed by atoms with E-state index in [1.54, 1.807) is 0 Å². The van der Waals surface area contributed by atoms with Gasteiger partial charge in [-0.1, -0.05) is 75.3 Å². The van der Waals surface area contributed by atoms with Gasteiger partial charge in [0.15, 0.2) is 0 Å². The lowest BCUT2D eigenvalue weighted by atomic mass is 9.85. The van der Waals surface area contributed by atoms with E-state index in [9.17, 15) is 24.3 Å². The highest BCUT2D eigenvalue weighted by molar-refractivity contribution is 5.82. The second-order valence-electron chi connectivity index (χ2n) is 10.5. The van der Waals surface area contributed by atoms with E-state index in [0.717, 1.165) is 18.4 Å². The molecule has 1 aromatic rings. The van der Waals surface area contributed by atoms with Crippen molar-refractivity contribution in [3.63, 3.8) is 0 Å². The maximum Gasteiger partial charge on any atom is 0.306 e. The Morgan fingerprint density at radius 3 is 2.05 bits per heavy atom. The molecule has 2 rings (SSSR count). The maximum absolute atomic E-state index is 12.6. The summed E-state index contributed by atoms with van der Waals surface area (Å²) >= 11 is 0. The highest BCUT2D eigenvalue weighted by Gasteiger charge is 2.26. The number of ether oxygens (including phenoxy) is 2. The van der Waals surface area contributed by atoms with Crippen molar-refractivity contribution in [2.75, 3.05) is 14.2 Å². The molecular formula is C30H46N2O7. The summed E-state index contributed by atoms with van der Waals surface area (Å²) in [7, 11) is 2.56. The molecule has 39 heavy (non-hydrogen) atoms. The van der Waals surface area contributed by atoms with Gasteiger partial charge in [0.2, 0.25) is 11.8 Å². The Labute approximate surface area is 232 Å². The van der Waals surface area contributed by atoms with Crippen LogP contribution in [-0.2, 0) is 35.1 Å². The number of hydrogen-bond donors (Lipinski definition) is 3. The Bertz CT molecular complexity index is 887. The van der Waals surface area contributed by atoms with Crippen molar-refractivity contribution in [1.29, 1.82) is 0 Å². The van der Waals surface area contributed by atoms with E-state index in [1.807, 2.05) is 30.3 Å². The molecule has 0 aliphatic heterocycles. The molecule has 3 atom stereocenters. The first-order valence-corrected chi connectivity index (χ1v) is 14.2. The van der Waals surface area contributed by atoms with Gasteiger partial charge in [0, 0.05) is 18.9 Å². The summed E-state index contributed by atoms with van der Waals surface area (Å²) in [5.41, 5.74) is 0.950. The van der Waals surface area contributed by atoms with Gasteiger partial charge >= 0.3 is 11.9 Å². The minimum Gasteiger partial charge on any atom is -0.469 e. The van der Waals surface area contributed by atoms with Gasteiger partial charge in [-0.3, -0.25) is 19.2 Å². The third kappa shape index (κ3) is 13.6. The van der Waals surface area contributed by atoms with Crippen LogP contribution in [0.3, 0.4) is 0 Å². The number of hydrogen-bond acceptors (Lipinski definition) is 7. The fourth-order valence-corrected chi connectivity index (χ4v) is 5.20. The summed E-state index contributed by atoms with van der Waals surface area (Å²) in [5.74, 6) is -0.831. The lowest BCUT2D eigenvalue weighted by Crippen LogP contribution is -2.48. The molecule has 0 bridgehead atoms. The number of rotatable bonds is 17. The Morgan fingerprint density at radius 2 is 1.46 bits per heavy atom. The molecule has 0 unspecified atom stereocenters. The molecular weight excluding hydrogens is 500 g/mol. The molecule has 9 nitrogen and oxygen atoms in total. The summed E-state index contributed by atoms with van der Waals surface area (Å²) in [6.45, 7) is 0. The topological polar surface area (TPSA) is 131 Å². The normalized spacial score (nSPS) is 16.0. The van der Waals surface area contributed by atoms with Gasteiger partial charge in [-0.05, 0) is 30.7 Å².